The van der Waals surface area contributed by atoms with Crippen LogP contribution < -0.4 is 0 Å². The maximum Gasteiger partial charge on any atom is 0.227 e. The minimum Gasteiger partial charge on any atom is -0.505 e. The molecule has 0 saturated carbocycles. The van der Waals surface area contributed by atoms with E-state index in [0.717, 1.165) is 19.5 Å². The SMILES string of the molecule is CC[C@H]1CN(C(=O)Cc2ccc(O)c(F)c2)CCN1C(C)C. The summed E-state index contributed by atoms with van der Waals surface area (Å²) in [6, 6.07) is 4.98. The second-order valence-electron chi connectivity index (χ2n) is 6.20. The van der Waals surface area contributed by atoms with Gasteiger partial charge in [-0.2, -0.15) is 0 Å². The number of phenolic OH excluding ortho intramolecular Hbond substituents is 1. The molecular formula is C17H25FN2O2. The summed E-state index contributed by atoms with van der Waals surface area (Å²) in [6.07, 6.45) is 1.19. The summed E-state index contributed by atoms with van der Waals surface area (Å²) in [5, 5.41) is 9.20. The van der Waals surface area contributed by atoms with Crippen LogP contribution in [-0.4, -0.2) is 52.5 Å². The van der Waals surface area contributed by atoms with Crippen LogP contribution in [0.15, 0.2) is 18.2 Å². The van der Waals surface area contributed by atoms with Crippen LogP contribution in [0, 0.1) is 5.82 Å². The molecule has 122 valence electrons. The Morgan fingerprint density at radius 1 is 1.41 bits per heavy atom. The van der Waals surface area contributed by atoms with Crippen molar-refractivity contribution in [3.05, 3.63) is 29.6 Å². The fourth-order valence-electron chi connectivity index (χ4n) is 3.09. The van der Waals surface area contributed by atoms with Gasteiger partial charge in [-0.05, 0) is 38.0 Å². The Balaban J connectivity index is 1.99. The Labute approximate surface area is 131 Å². The molecule has 1 amide bonds. The van der Waals surface area contributed by atoms with Crippen molar-refractivity contribution in [2.75, 3.05) is 19.6 Å². The highest BCUT2D eigenvalue weighted by Crippen LogP contribution is 2.19. The summed E-state index contributed by atoms with van der Waals surface area (Å²) in [5.74, 6) is -1.04. The van der Waals surface area contributed by atoms with Crippen LogP contribution in [0.25, 0.3) is 0 Å². The lowest BCUT2D eigenvalue weighted by atomic mass is 10.1. The Morgan fingerprint density at radius 2 is 2.14 bits per heavy atom. The van der Waals surface area contributed by atoms with Gasteiger partial charge < -0.3 is 10.0 Å². The van der Waals surface area contributed by atoms with Gasteiger partial charge >= 0.3 is 0 Å². The van der Waals surface area contributed by atoms with E-state index in [-0.39, 0.29) is 18.1 Å². The molecule has 1 atom stereocenters. The Morgan fingerprint density at radius 3 is 2.73 bits per heavy atom. The van der Waals surface area contributed by atoms with Gasteiger partial charge in [-0.15, -0.1) is 0 Å². The van der Waals surface area contributed by atoms with Crippen LogP contribution in [0.2, 0.25) is 0 Å². The van der Waals surface area contributed by atoms with Crippen molar-refractivity contribution < 1.29 is 14.3 Å². The highest BCUT2D eigenvalue weighted by Gasteiger charge is 2.29. The molecule has 1 N–H and O–H groups in total. The first kappa shape index (κ1) is 16.7. The van der Waals surface area contributed by atoms with Crippen LogP contribution in [-0.2, 0) is 11.2 Å². The number of amides is 1. The molecule has 2 rings (SSSR count). The van der Waals surface area contributed by atoms with Gasteiger partial charge in [0.25, 0.3) is 0 Å². The summed E-state index contributed by atoms with van der Waals surface area (Å²) in [6.45, 7) is 8.83. The number of nitrogens with zero attached hydrogens (tertiary/aromatic N) is 2. The third-order valence-corrected chi connectivity index (χ3v) is 4.38. The van der Waals surface area contributed by atoms with E-state index in [1.54, 1.807) is 6.07 Å². The van der Waals surface area contributed by atoms with E-state index in [1.807, 2.05) is 4.90 Å². The number of benzene rings is 1. The van der Waals surface area contributed by atoms with Crippen molar-refractivity contribution in [1.29, 1.82) is 0 Å². The summed E-state index contributed by atoms with van der Waals surface area (Å²) in [7, 11) is 0. The van der Waals surface area contributed by atoms with Crippen LogP contribution in [0.1, 0.15) is 32.8 Å². The van der Waals surface area contributed by atoms with Crippen molar-refractivity contribution in [3.8, 4) is 5.75 Å². The highest BCUT2D eigenvalue weighted by atomic mass is 19.1. The Bertz CT molecular complexity index is 533. The Hall–Kier alpha value is -1.62. The molecule has 1 aromatic carbocycles. The van der Waals surface area contributed by atoms with Crippen molar-refractivity contribution in [3.63, 3.8) is 0 Å². The number of halogens is 1. The number of piperazine rings is 1. The lowest BCUT2D eigenvalue weighted by molar-refractivity contribution is -0.134. The third-order valence-electron chi connectivity index (χ3n) is 4.38. The standard InChI is InChI=1S/C17H25FN2O2/c1-4-14-11-19(7-8-20(14)12(2)3)17(22)10-13-5-6-16(21)15(18)9-13/h5-6,9,12,14,21H,4,7-8,10-11H2,1-3H3/t14-/m0/s1. The molecule has 1 aliphatic rings. The van der Waals surface area contributed by atoms with Gasteiger partial charge in [-0.3, -0.25) is 9.69 Å². The van der Waals surface area contributed by atoms with Gasteiger partial charge in [0.05, 0.1) is 6.42 Å². The van der Waals surface area contributed by atoms with E-state index in [2.05, 4.69) is 25.7 Å². The molecule has 0 aromatic heterocycles. The summed E-state index contributed by atoms with van der Waals surface area (Å²) in [4.78, 5) is 16.7. The molecule has 0 aliphatic carbocycles. The van der Waals surface area contributed by atoms with E-state index >= 15 is 0 Å². The topological polar surface area (TPSA) is 43.8 Å². The number of aromatic hydroxyl groups is 1. The first-order valence-electron chi connectivity index (χ1n) is 7.93. The zero-order valence-electron chi connectivity index (χ0n) is 13.6. The van der Waals surface area contributed by atoms with Crippen LogP contribution in [0.4, 0.5) is 4.39 Å². The smallest absolute Gasteiger partial charge is 0.227 e. The lowest BCUT2D eigenvalue weighted by Crippen LogP contribution is -2.56. The van der Waals surface area contributed by atoms with E-state index in [1.165, 1.54) is 12.1 Å². The average molecular weight is 308 g/mol. The molecule has 5 heteroatoms. The quantitative estimate of drug-likeness (QED) is 0.929. The summed E-state index contributed by atoms with van der Waals surface area (Å²) >= 11 is 0. The maximum absolute atomic E-state index is 13.3. The third kappa shape index (κ3) is 3.77. The molecule has 1 aromatic rings. The van der Waals surface area contributed by atoms with Gasteiger partial charge in [0.2, 0.25) is 5.91 Å². The fourth-order valence-corrected chi connectivity index (χ4v) is 3.09. The number of hydrogen-bond donors (Lipinski definition) is 1. The second-order valence-corrected chi connectivity index (χ2v) is 6.20. The van der Waals surface area contributed by atoms with E-state index in [4.69, 9.17) is 0 Å². The van der Waals surface area contributed by atoms with Crippen molar-refractivity contribution in [2.24, 2.45) is 0 Å². The van der Waals surface area contributed by atoms with Crippen LogP contribution >= 0.6 is 0 Å². The lowest BCUT2D eigenvalue weighted by Gasteiger charge is -2.43. The Kier molecular flexibility index (Phi) is 5.40. The molecule has 1 aliphatic heterocycles. The fraction of sp³-hybridized carbons (Fsp3) is 0.588. The van der Waals surface area contributed by atoms with Gasteiger partial charge in [-0.1, -0.05) is 13.0 Å². The minimum atomic E-state index is -0.679. The van der Waals surface area contributed by atoms with Crippen molar-refractivity contribution in [1.82, 2.24) is 9.80 Å². The van der Waals surface area contributed by atoms with Crippen molar-refractivity contribution in [2.45, 2.75) is 45.7 Å². The predicted molar refractivity (Wildman–Crippen MR) is 84.3 cm³/mol. The summed E-state index contributed by atoms with van der Waals surface area (Å²) < 4.78 is 13.3. The molecule has 22 heavy (non-hydrogen) atoms. The van der Waals surface area contributed by atoms with Crippen LogP contribution in [0.3, 0.4) is 0 Å². The molecule has 0 unspecified atom stereocenters. The summed E-state index contributed by atoms with van der Waals surface area (Å²) in [5.41, 5.74) is 0.597. The van der Waals surface area contributed by atoms with Gasteiger partial charge in [0.15, 0.2) is 11.6 Å². The molecule has 1 fully saturated rings. The van der Waals surface area contributed by atoms with E-state index in [9.17, 15) is 14.3 Å². The zero-order chi connectivity index (χ0) is 16.3. The average Bonchev–Trinajstić information content (AvgIpc) is 2.50. The first-order valence-corrected chi connectivity index (χ1v) is 7.93. The minimum absolute atomic E-state index is 0.0203. The van der Waals surface area contributed by atoms with Gasteiger partial charge in [0.1, 0.15) is 0 Å². The number of carbonyl (C=O) groups excluding carboxylic acids is 1. The molecule has 0 radical (unpaired) electrons. The molecular weight excluding hydrogens is 283 g/mol. The number of hydrogen-bond acceptors (Lipinski definition) is 3. The number of phenols is 1. The van der Waals surface area contributed by atoms with Gasteiger partial charge in [0, 0.05) is 31.7 Å². The molecule has 0 bridgehead atoms. The molecule has 1 heterocycles. The highest BCUT2D eigenvalue weighted by molar-refractivity contribution is 5.79. The molecule has 4 nitrogen and oxygen atoms in total. The first-order chi connectivity index (χ1) is 10.4. The maximum atomic E-state index is 13.3. The second kappa shape index (κ2) is 7.09. The monoisotopic (exact) mass is 308 g/mol. The number of rotatable bonds is 4. The largest absolute Gasteiger partial charge is 0.505 e. The van der Waals surface area contributed by atoms with E-state index < -0.39 is 5.82 Å². The zero-order valence-corrected chi connectivity index (χ0v) is 13.6. The van der Waals surface area contributed by atoms with Crippen LogP contribution in [0.5, 0.6) is 5.75 Å². The predicted octanol–water partition coefficient (Wildman–Crippen LogP) is 2.41. The molecule has 0 spiro atoms. The van der Waals surface area contributed by atoms with Gasteiger partial charge in [-0.25, -0.2) is 4.39 Å². The van der Waals surface area contributed by atoms with Crippen molar-refractivity contribution >= 4 is 5.91 Å². The normalized spacial score (nSPS) is 19.7. The molecule has 1 saturated heterocycles. The van der Waals surface area contributed by atoms with E-state index in [0.29, 0.717) is 24.2 Å². The number of carbonyl (C=O) groups is 1.